The zero-order chi connectivity index (χ0) is 35.4. The van der Waals surface area contributed by atoms with Gasteiger partial charge >= 0.3 is 6.01 Å². The first-order valence-corrected chi connectivity index (χ1v) is 18.9. The van der Waals surface area contributed by atoms with Crippen LogP contribution in [0.4, 0.5) is 10.2 Å². The maximum absolute atomic E-state index is 15.2. The smallest absolute Gasteiger partial charge is 0.318 e. The minimum Gasteiger partial charge on any atom is -0.508 e. The number of phenols is 1. The zero-order valence-electron chi connectivity index (χ0n) is 30.6. The fraction of sp³-hybridized carbons (Fsp3) is 0.512. The number of aromatic nitrogens is 2. The van der Waals surface area contributed by atoms with E-state index < -0.39 is 5.82 Å². The Morgan fingerprint density at radius 3 is 2.42 bits per heavy atom. The minimum absolute atomic E-state index is 0.0183. The number of hydrogen-bond acceptors (Lipinski definition) is 6. The lowest BCUT2D eigenvalue weighted by atomic mass is 9.81. The highest BCUT2D eigenvalue weighted by Gasteiger charge is 2.28. The number of ether oxygens (including phenoxy) is 1. The molecule has 3 aromatic carbocycles. The molecule has 4 aromatic rings. The number of halogens is 1. The highest BCUT2D eigenvalue weighted by atomic mass is 19.1. The van der Waals surface area contributed by atoms with Crippen LogP contribution in [0.25, 0.3) is 38.9 Å². The number of phenolic OH excluding ortho intramolecular Hbond substituents is 1. The summed E-state index contributed by atoms with van der Waals surface area (Å²) in [4.78, 5) is 18.0. The Morgan fingerprint density at radius 1 is 0.960 bits per heavy atom. The lowest BCUT2D eigenvalue weighted by Gasteiger charge is -2.30. The summed E-state index contributed by atoms with van der Waals surface area (Å²) in [7, 11) is 0. The Balaban J connectivity index is 1.61. The summed E-state index contributed by atoms with van der Waals surface area (Å²) in [6.07, 6.45) is 20.9. The number of hydrogen-bond donors (Lipinski definition) is 1. The number of nitrogens with zero attached hydrogens (tertiary/aromatic N) is 4. The molecule has 0 aliphatic carbocycles. The molecular weight excluding hydrogens is 623 g/mol. The van der Waals surface area contributed by atoms with Gasteiger partial charge in [-0.3, -0.25) is 4.99 Å². The molecule has 3 heterocycles. The lowest BCUT2D eigenvalue weighted by Crippen LogP contribution is -2.38. The Hall–Kier alpha value is -4.18. The van der Waals surface area contributed by atoms with E-state index in [0.29, 0.717) is 29.0 Å². The van der Waals surface area contributed by atoms with Crippen molar-refractivity contribution in [2.24, 2.45) is 16.3 Å². The normalized spacial score (nSPS) is 18.9. The molecule has 7 heteroatoms. The molecule has 1 fully saturated rings. The van der Waals surface area contributed by atoms with E-state index in [1.165, 1.54) is 38.2 Å². The Bertz CT molecular complexity index is 2030. The SMILES string of the molecule is C#Cc1c(F)ccc2cc(O)cc(-c3cc4nc(OCC(C)(CCCC)CCCCC)nc(N5CCCCCC5)c4c4c3=NC(C)C(C)C=4)c12. The first kappa shape index (κ1) is 35.6. The maximum atomic E-state index is 15.2. The molecule has 264 valence electrons. The van der Waals surface area contributed by atoms with E-state index >= 15 is 4.39 Å². The summed E-state index contributed by atoms with van der Waals surface area (Å²) in [6.45, 7) is 13.5. The third-order valence-corrected chi connectivity index (χ3v) is 10.9. The number of fused-ring (bicyclic) bond motifs is 4. The van der Waals surface area contributed by atoms with Crippen molar-refractivity contribution in [1.29, 1.82) is 0 Å². The number of terminal acetylenes is 1. The van der Waals surface area contributed by atoms with E-state index in [1.807, 2.05) is 6.07 Å². The number of anilines is 1. The van der Waals surface area contributed by atoms with E-state index in [9.17, 15) is 5.11 Å². The van der Waals surface area contributed by atoms with Crippen molar-refractivity contribution in [1.82, 2.24) is 9.97 Å². The van der Waals surface area contributed by atoms with Crippen molar-refractivity contribution >= 4 is 33.6 Å². The summed E-state index contributed by atoms with van der Waals surface area (Å²) in [5.41, 5.74) is 2.32. The van der Waals surface area contributed by atoms with E-state index in [0.717, 1.165) is 84.5 Å². The number of rotatable bonds is 12. The van der Waals surface area contributed by atoms with Gasteiger partial charge in [-0.25, -0.2) is 4.39 Å². The van der Waals surface area contributed by atoms with Gasteiger partial charge in [0.05, 0.1) is 34.5 Å². The Labute approximate surface area is 296 Å². The molecule has 3 unspecified atom stereocenters. The number of benzene rings is 3. The minimum atomic E-state index is -0.474. The van der Waals surface area contributed by atoms with Crippen molar-refractivity contribution in [3.05, 3.63) is 52.3 Å². The van der Waals surface area contributed by atoms with Crippen molar-refractivity contribution in [3.63, 3.8) is 0 Å². The van der Waals surface area contributed by atoms with Crippen LogP contribution >= 0.6 is 0 Å². The fourth-order valence-electron chi connectivity index (χ4n) is 7.77. The molecule has 0 radical (unpaired) electrons. The van der Waals surface area contributed by atoms with Crippen LogP contribution < -0.4 is 20.2 Å². The van der Waals surface area contributed by atoms with Crippen LogP contribution in [-0.2, 0) is 0 Å². The molecule has 0 spiro atoms. The van der Waals surface area contributed by atoms with Gasteiger partial charge < -0.3 is 14.7 Å². The van der Waals surface area contributed by atoms with Gasteiger partial charge in [-0.05, 0) is 73.7 Å². The maximum Gasteiger partial charge on any atom is 0.318 e. The third kappa shape index (κ3) is 7.31. The molecule has 3 atom stereocenters. The van der Waals surface area contributed by atoms with E-state index in [4.69, 9.17) is 26.1 Å². The average Bonchev–Trinajstić information content (AvgIpc) is 3.40. The van der Waals surface area contributed by atoms with Crippen LogP contribution in [-0.4, -0.2) is 40.8 Å². The van der Waals surface area contributed by atoms with Crippen LogP contribution in [0, 0.1) is 29.5 Å². The van der Waals surface area contributed by atoms with Gasteiger partial charge in [0.2, 0.25) is 0 Å². The van der Waals surface area contributed by atoms with Gasteiger partial charge in [0.15, 0.2) is 0 Å². The second-order valence-corrected chi connectivity index (χ2v) is 15.0. The highest BCUT2D eigenvalue weighted by Crippen LogP contribution is 2.37. The summed E-state index contributed by atoms with van der Waals surface area (Å²) < 4.78 is 21.9. The summed E-state index contributed by atoms with van der Waals surface area (Å²) in [5.74, 6) is 3.25. The van der Waals surface area contributed by atoms with Gasteiger partial charge in [-0.15, -0.1) is 6.42 Å². The molecule has 2 aliphatic rings. The van der Waals surface area contributed by atoms with Gasteiger partial charge in [0.25, 0.3) is 0 Å². The first-order valence-electron chi connectivity index (χ1n) is 18.9. The zero-order valence-corrected chi connectivity index (χ0v) is 30.6. The molecule has 1 N–H and O–H groups in total. The molecule has 1 aromatic heterocycles. The Morgan fingerprint density at radius 2 is 1.70 bits per heavy atom. The molecule has 6 nitrogen and oxygen atoms in total. The highest BCUT2D eigenvalue weighted by molar-refractivity contribution is 6.04. The first-order chi connectivity index (χ1) is 24.2. The average molecular weight is 677 g/mol. The van der Waals surface area contributed by atoms with E-state index in [-0.39, 0.29) is 28.7 Å². The van der Waals surface area contributed by atoms with Crippen molar-refractivity contribution < 1.29 is 14.2 Å². The number of unbranched alkanes of at least 4 members (excludes halogenated alkanes) is 3. The molecular formula is C43H53FN4O2. The molecule has 50 heavy (non-hydrogen) atoms. The second-order valence-electron chi connectivity index (χ2n) is 15.0. The standard InChI is InChI=1S/C43H53FN4O2/c1-7-10-14-20-43(6,19-11-8-2)27-50-42-46-37-26-34(33-25-31(49)24-30-17-18-36(44)32(9-3)38(30)33)40-35(23-28(4)29(5)45-40)39(37)41(47-42)48-21-15-12-13-16-22-48/h3,17-18,23-26,28-29,49H,7-8,10-16,19-22,27H2,1-2,4-6H3. The van der Waals surface area contributed by atoms with Gasteiger partial charge in [-0.1, -0.05) is 90.7 Å². The van der Waals surface area contributed by atoms with Crippen LogP contribution in [0.1, 0.15) is 111 Å². The van der Waals surface area contributed by atoms with Crippen molar-refractivity contribution in [2.75, 3.05) is 24.6 Å². The van der Waals surface area contributed by atoms with Crippen molar-refractivity contribution in [3.8, 4) is 35.2 Å². The van der Waals surface area contributed by atoms with Crippen LogP contribution in [0.2, 0.25) is 0 Å². The van der Waals surface area contributed by atoms with Gasteiger partial charge in [0.1, 0.15) is 17.4 Å². The molecule has 2 aliphatic heterocycles. The van der Waals surface area contributed by atoms with Crippen molar-refractivity contribution in [2.45, 2.75) is 111 Å². The molecule has 0 bridgehead atoms. The van der Waals surface area contributed by atoms with E-state index in [2.05, 4.69) is 51.5 Å². The van der Waals surface area contributed by atoms with Crippen LogP contribution in [0.5, 0.6) is 11.8 Å². The molecule has 0 amide bonds. The summed E-state index contributed by atoms with van der Waals surface area (Å²) in [6, 6.07) is 8.75. The van der Waals surface area contributed by atoms with Crippen LogP contribution in [0.15, 0.2) is 35.3 Å². The quantitative estimate of drug-likeness (QED) is 0.120. The third-order valence-electron chi connectivity index (χ3n) is 10.9. The fourth-order valence-corrected chi connectivity index (χ4v) is 7.77. The van der Waals surface area contributed by atoms with E-state index in [1.54, 1.807) is 18.2 Å². The summed E-state index contributed by atoms with van der Waals surface area (Å²) >= 11 is 0. The van der Waals surface area contributed by atoms with Crippen LogP contribution in [0.3, 0.4) is 0 Å². The predicted octanol–water partition coefficient (Wildman–Crippen LogP) is 9.25. The monoisotopic (exact) mass is 676 g/mol. The Kier molecular flexibility index (Phi) is 11.0. The topological polar surface area (TPSA) is 70.8 Å². The lowest BCUT2D eigenvalue weighted by molar-refractivity contribution is 0.126. The predicted molar refractivity (Wildman–Crippen MR) is 204 cm³/mol. The molecule has 1 saturated heterocycles. The molecule has 6 rings (SSSR count). The largest absolute Gasteiger partial charge is 0.508 e. The van der Waals surface area contributed by atoms with Gasteiger partial charge in [-0.2, -0.15) is 9.97 Å². The number of aromatic hydroxyl groups is 1. The van der Waals surface area contributed by atoms with Gasteiger partial charge in [0, 0.05) is 34.7 Å². The molecule has 0 saturated carbocycles. The summed E-state index contributed by atoms with van der Waals surface area (Å²) in [5, 5.41) is 14.9. The second kappa shape index (κ2) is 15.4.